The highest BCUT2D eigenvalue weighted by molar-refractivity contribution is 5.22. The van der Waals surface area contributed by atoms with Crippen LogP contribution in [0.3, 0.4) is 0 Å². The second-order valence-corrected chi connectivity index (χ2v) is 3.59. The fourth-order valence-corrected chi connectivity index (χ4v) is 1.99. The van der Waals surface area contributed by atoms with Crippen molar-refractivity contribution >= 4 is 0 Å². The van der Waals surface area contributed by atoms with Gasteiger partial charge >= 0.3 is 0 Å². The van der Waals surface area contributed by atoms with E-state index >= 15 is 0 Å². The van der Waals surface area contributed by atoms with Gasteiger partial charge < -0.3 is 5.32 Å². The molecule has 0 amide bonds. The molecule has 0 aliphatic carbocycles. The third-order valence-electron chi connectivity index (χ3n) is 2.77. The van der Waals surface area contributed by atoms with Gasteiger partial charge in [-0.15, -0.1) is 0 Å². The minimum Gasteiger partial charge on any atom is -0.316 e. The van der Waals surface area contributed by atoms with Gasteiger partial charge in [0.2, 0.25) is 0 Å². The van der Waals surface area contributed by atoms with Crippen LogP contribution in [0.4, 0.5) is 4.39 Å². The lowest BCUT2D eigenvalue weighted by Gasteiger charge is -2.15. The van der Waals surface area contributed by atoms with Gasteiger partial charge in [-0.3, -0.25) is 4.39 Å². The third-order valence-corrected chi connectivity index (χ3v) is 2.77. The second-order valence-electron chi connectivity index (χ2n) is 3.59. The summed E-state index contributed by atoms with van der Waals surface area (Å²) in [7, 11) is 0. The minimum absolute atomic E-state index is 0.169. The fraction of sp³-hybridized carbons (Fsp3) is 0.455. The second kappa shape index (κ2) is 3.88. The molecular formula is C11H14FN. The van der Waals surface area contributed by atoms with Crippen LogP contribution in [-0.4, -0.2) is 19.8 Å². The molecule has 1 aromatic rings. The molecule has 1 N–H and O–H groups in total. The molecule has 1 aliphatic heterocycles. The fourth-order valence-electron chi connectivity index (χ4n) is 1.99. The number of nitrogens with one attached hydrogen (secondary N) is 1. The van der Waals surface area contributed by atoms with E-state index in [4.69, 9.17) is 0 Å². The highest BCUT2D eigenvalue weighted by Gasteiger charge is 2.27. The number of benzene rings is 1. The average molecular weight is 179 g/mol. The van der Waals surface area contributed by atoms with Crippen LogP contribution in [0, 0.1) is 5.92 Å². The number of halogens is 1. The highest BCUT2D eigenvalue weighted by atomic mass is 19.1. The largest absolute Gasteiger partial charge is 0.316 e. The summed E-state index contributed by atoms with van der Waals surface area (Å²) in [6, 6.07) is 10.2. The number of hydrogen-bond donors (Lipinski definition) is 1. The van der Waals surface area contributed by atoms with Crippen LogP contribution in [-0.2, 0) is 0 Å². The molecule has 2 heteroatoms. The summed E-state index contributed by atoms with van der Waals surface area (Å²) in [5, 5.41) is 3.23. The first-order valence-corrected chi connectivity index (χ1v) is 4.73. The van der Waals surface area contributed by atoms with Crippen LogP contribution in [0.5, 0.6) is 0 Å². The maximum Gasteiger partial charge on any atom is 0.0941 e. The van der Waals surface area contributed by atoms with Gasteiger partial charge in [-0.1, -0.05) is 30.3 Å². The zero-order valence-corrected chi connectivity index (χ0v) is 7.54. The zero-order valence-electron chi connectivity index (χ0n) is 7.54. The molecule has 1 aromatic carbocycles. The van der Waals surface area contributed by atoms with Gasteiger partial charge in [-0.05, 0) is 5.56 Å². The molecule has 1 saturated heterocycles. The van der Waals surface area contributed by atoms with E-state index < -0.39 is 0 Å². The molecule has 0 saturated carbocycles. The van der Waals surface area contributed by atoms with Crippen LogP contribution in [0.25, 0.3) is 0 Å². The van der Waals surface area contributed by atoms with Crippen molar-refractivity contribution in [3.63, 3.8) is 0 Å². The Bertz CT molecular complexity index is 260. The molecule has 1 aliphatic rings. The smallest absolute Gasteiger partial charge is 0.0941 e. The molecule has 2 rings (SSSR count). The summed E-state index contributed by atoms with van der Waals surface area (Å²) in [6.07, 6.45) is 0. The Morgan fingerprint density at radius 2 is 2.00 bits per heavy atom. The lowest BCUT2D eigenvalue weighted by molar-refractivity contribution is 0.358. The van der Waals surface area contributed by atoms with E-state index in [9.17, 15) is 4.39 Å². The van der Waals surface area contributed by atoms with E-state index in [2.05, 4.69) is 17.4 Å². The average Bonchev–Trinajstić information content (AvgIpc) is 2.67. The van der Waals surface area contributed by atoms with Gasteiger partial charge in [0.25, 0.3) is 0 Å². The Morgan fingerprint density at radius 3 is 2.69 bits per heavy atom. The Labute approximate surface area is 78.0 Å². The first-order chi connectivity index (χ1) is 6.42. The molecule has 2 atom stereocenters. The van der Waals surface area contributed by atoms with E-state index in [0.29, 0.717) is 5.92 Å². The molecular weight excluding hydrogens is 165 g/mol. The van der Waals surface area contributed by atoms with Crippen LogP contribution >= 0.6 is 0 Å². The zero-order chi connectivity index (χ0) is 9.10. The van der Waals surface area contributed by atoms with Gasteiger partial charge in [-0.25, -0.2) is 0 Å². The summed E-state index contributed by atoms with van der Waals surface area (Å²) in [5.74, 6) is 0.536. The Morgan fingerprint density at radius 1 is 1.23 bits per heavy atom. The maximum absolute atomic E-state index is 12.6. The number of rotatable bonds is 2. The van der Waals surface area contributed by atoms with Gasteiger partial charge in [0.1, 0.15) is 0 Å². The van der Waals surface area contributed by atoms with Gasteiger partial charge in [0.05, 0.1) is 6.67 Å². The third kappa shape index (κ3) is 1.73. The summed E-state index contributed by atoms with van der Waals surface area (Å²) < 4.78 is 12.6. The summed E-state index contributed by atoms with van der Waals surface area (Å²) in [6.45, 7) is 1.52. The van der Waals surface area contributed by atoms with E-state index in [0.717, 1.165) is 13.1 Å². The van der Waals surface area contributed by atoms with Crippen LogP contribution in [0.2, 0.25) is 0 Å². The number of alkyl halides is 1. The van der Waals surface area contributed by atoms with Crippen molar-refractivity contribution in [1.82, 2.24) is 5.32 Å². The van der Waals surface area contributed by atoms with Gasteiger partial charge in [-0.2, -0.15) is 0 Å². The minimum atomic E-state index is -0.216. The molecule has 0 aromatic heterocycles. The predicted octanol–water partition coefficient (Wildman–Crippen LogP) is 1.96. The standard InChI is InChI=1S/C11H14FN/c12-6-10-7-13-8-11(10)9-4-2-1-3-5-9/h1-5,10-11,13H,6-8H2/t10-,11+/m0/s1. The molecule has 1 fully saturated rings. The summed E-state index contributed by atoms with van der Waals surface area (Å²) >= 11 is 0. The Kier molecular flexibility index (Phi) is 2.60. The van der Waals surface area contributed by atoms with Crippen molar-refractivity contribution in [2.75, 3.05) is 19.8 Å². The van der Waals surface area contributed by atoms with E-state index in [1.165, 1.54) is 5.56 Å². The highest BCUT2D eigenvalue weighted by Crippen LogP contribution is 2.27. The van der Waals surface area contributed by atoms with Gasteiger partial charge in [0.15, 0.2) is 0 Å². The SMILES string of the molecule is FC[C@H]1CNC[C@@H]1c1ccccc1. The first-order valence-electron chi connectivity index (χ1n) is 4.73. The van der Waals surface area contributed by atoms with E-state index in [-0.39, 0.29) is 12.6 Å². The van der Waals surface area contributed by atoms with E-state index in [1.54, 1.807) is 0 Å². The summed E-state index contributed by atoms with van der Waals surface area (Å²) in [5.41, 5.74) is 1.26. The van der Waals surface area contributed by atoms with Crippen molar-refractivity contribution in [3.8, 4) is 0 Å². The van der Waals surface area contributed by atoms with E-state index in [1.807, 2.05) is 18.2 Å². The van der Waals surface area contributed by atoms with Crippen LogP contribution in [0.15, 0.2) is 30.3 Å². The molecule has 1 heterocycles. The topological polar surface area (TPSA) is 12.0 Å². The monoisotopic (exact) mass is 179 g/mol. The predicted molar refractivity (Wildman–Crippen MR) is 51.5 cm³/mol. The van der Waals surface area contributed by atoms with Crippen molar-refractivity contribution in [1.29, 1.82) is 0 Å². The lowest BCUT2D eigenvalue weighted by atomic mass is 9.90. The molecule has 0 unspecified atom stereocenters. The Balaban J connectivity index is 2.16. The molecule has 13 heavy (non-hydrogen) atoms. The molecule has 70 valence electrons. The quantitative estimate of drug-likeness (QED) is 0.731. The van der Waals surface area contributed by atoms with Crippen molar-refractivity contribution in [2.24, 2.45) is 5.92 Å². The van der Waals surface area contributed by atoms with Gasteiger partial charge in [0, 0.05) is 24.9 Å². The Hall–Kier alpha value is -0.890. The molecule has 1 nitrogen and oxygen atoms in total. The number of hydrogen-bond acceptors (Lipinski definition) is 1. The lowest BCUT2D eigenvalue weighted by Crippen LogP contribution is -2.12. The normalized spacial score (nSPS) is 27.8. The molecule has 0 radical (unpaired) electrons. The van der Waals surface area contributed by atoms with Crippen molar-refractivity contribution < 1.29 is 4.39 Å². The molecule has 0 bridgehead atoms. The molecule has 0 spiro atoms. The van der Waals surface area contributed by atoms with Crippen molar-refractivity contribution in [3.05, 3.63) is 35.9 Å². The maximum atomic E-state index is 12.6. The summed E-state index contributed by atoms with van der Waals surface area (Å²) in [4.78, 5) is 0. The van der Waals surface area contributed by atoms with Crippen molar-refractivity contribution in [2.45, 2.75) is 5.92 Å². The van der Waals surface area contributed by atoms with Crippen LogP contribution in [0.1, 0.15) is 11.5 Å². The van der Waals surface area contributed by atoms with Crippen LogP contribution < -0.4 is 5.32 Å². The first kappa shape index (κ1) is 8.70.